The summed E-state index contributed by atoms with van der Waals surface area (Å²) in [7, 11) is 0. The molecule has 5 N–H and O–H groups in total. The third kappa shape index (κ3) is 6.46. The number of hydrogen-bond donors (Lipinski definition) is 3. The highest BCUT2D eigenvalue weighted by Crippen LogP contribution is 2.19. The average Bonchev–Trinajstić information content (AvgIpc) is 2.40. The van der Waals surface area contributed by atoms with E-state index in [0.29, 0.717) is 11.4 Å². The molecule has 0 atom stereocenters. The van der Waals surface area contributed by atoms with E-state index in [4.69, 9.17) is 16.2 Å². The third-order valence-electron chi connectivity index (χ3n) is 2.85. The maximum Gasteiger partial charge on any atom is 0.231 e. The van der Waals surface area contributed by atoms with Gasteiger partial charge in [-0.15, -0.1) is 12.4 Å². The van der Waals surface area contributed by atoms with Gasteiger partial charge >= 0.3 is 0 Å². The molecule has 0 spiro atoms. The van der Waals surface area contributed by atoms with Gasteiger partial charge in [-0.25, -0.2) is 0 Å². The van der Waals surface area contributed by atoms with Crippen molar-refractivity contribution in [2.75, 3.05) is 18.5 Å². The fourth-order valence-corrected chi connectivity index (χ4v) is 1.30. The monoisotopic (exact) mass is 315 g/mol. The van der Waals surface area contributed by atoms with Crippen LogP contribution in [0.2, 0.25) is 0 Å². The molecule has 0 heterocycles. The summed E-state index contributed by atoms with van der Waals surface area (Å²) in [5.74, 6) is 0.0719. The highest BCUT2D eigenvalue weighted by atomic mass is 35.5. The molecule has 0 aromatic heterocycles. The number of halogens is 1. The van der Waals surface area contributed by atoms with Gasteiger partial charge in [-0.05, 0) is 38.1 Å². The Morgan fingerprint density at radius 1 is 1.24 bits per heavy atom. The lowest BCUT2D eigenvalue weighted by molar-refractivity contribution is -0.123. The Morgan fingerprint density at radius 2 is 1.81 bits per heavy atom. The van der Waals surface area contributed by atoms with E-state index in [0.717, 1.165) is 0 Å². The number of anilines is 1. The van der Waals surface area contributed by atoms with Crippen LogP contribution in [0.1, 0.15) is 20.3 Å². The first-order valence-corrected chi connectivity index (χ1v) is 6.38. The number of hydrogen-bond acceptors (Lipinski definition) is 4. The van der Waals surface area contributed by atoms with Crippen molar-refractivity contribution < 1.29 is 14.3 Å². The SMILES string of the molecule is CC(C)(CN)C(=O)Nc1ccc(OCCC(N)=O)cc1.Cl. The lowest BCUT2D eigenvalue weighted by atomic mass is 9.92. The number of primary amides is 1. The van der Waals surface area contributed by atoms with Crippen molar-refractivity contribution in [3.63, 3.8) is 0 Å². The number of nitrogens with two attached hydrogens (primary N) is 2. The van der Waals surface area contributed by atoms with Gasteiger partial charge in [0.05, 0.1) is 18.4 Å². The van der Waals surface area contributed by atoms with Crippen molar-refractivity contribution in [2.45, 2.75) is 20.3 Å². The first-order valence-electron chi connectivity index (χ1n) is 6.38. The molecule has 1 aromatic carbocycles. The van der Waals surface area contributed by atoms with Gasteiger partial charge in [-0.3, -0.25) is 9.59 Å². The number of carbonyl (C=O) groups is 2. The molecule has 118 valence electrons. The van der Waals surface area contributed by atoms with Crippen molar-refractivity contribution in [1.29, 1.82) is 0 Å². The predicted molar refractivity (Wildman–Crippen MR) is 84.5 cm³/mol. The standard InChI is InChI=1S/C14H21N3O3.ClH/c1-14(2,9-15)13(19)17-10-3-5-11(6-4-10)20-8-7-12(16)18;/h3-6H,7-9,15H2,1-2H3,(H2,16,18)(H,17,19);1H. The fourth-order valence-electron chi connectivity index (χ4n) is 1.30. The van der Waals surface area contributed by atoms with Gasteiger partial charge in [0.25, 0.3) is 0 Å². The van der Waals surface area contributed by atoms with Crippen LogP contribution in [0.3, 0.4) is 0 Å². The van der Waals surface area contributed by atoms with E-state index in [1.54, 1.807) is 38.1 Å². The summed E-state index contributed by atoms with van der Waals surface area (Å²) >= 11 is 0. The zero-order valence-corrected chi connectivity index (χ0v) is 13.0. The first-order chi connectivity index (χ1) is 9.35. The molecule has 1 aromatic rings. The van der Waals surface area contributed by atoms with Crippen LogP contribution in [0.15, 0.2) is 24.3 Å². The smallest absolute Gasteiger partial charge is 0.231 e. The zero-order valence-electron chi connectivity index (χ0n) is 12.2. The second-order valence-electron chi connectivity index (χ2n) is 5.13. The number of nitrogens with one attached hydrogen (secondary N) is 1. The highest BCUT2D eigenvalue weighted by Gasteiger charge is 2.25. The summed E-state index contributed by atoms with van der Waals surface area (Å²) in [6.07, 6.45) is 0.170. The Balaban J connectivity index is 0.00000400. The predicted octanol–water partition coefficient (Wildman–Crippen LogP) is 1.29. The molecule has 0 bridgehead atoms. The molecule has 0 radical (unpaired) electrons. The molecule has 0 aliphatic rings. The van der Waals surface area contributed by atoms with Crippen LogP contribution in [-0.2, 0) is 9.59 Å². The van der Waals surface area contributed by atoms with E-state index in [-0.39, 0.29) is 37.9 Å². The Labute approximate surface area is 130 Å². The van der Waals surface area contributed by atoms with E-state index in [1.165, 1.54) is 0 Å². The number of ether oxygens (including phenoxy) is 1. The maximum atomic E-state index is 11.9. The van der Waals surface area contributed by atoms with Crippen molar-refractivity contribution in [3.8, 4) is 5.75 Å². The summed E-state index contributed by atoms with van der Waals surface area (Å²) in [5, 5.41) is 2.79. The number of carbonyl (C=O) groups excluding carboxylic acids is 2. The van der Waals surface area contributed by atoms with Gasteiger partial charge in [-0.1, -0.05) is 0 Å². The minimum Gasteiger partial charge on any atom is -0.493 e. The zero-order chi connectivity index (χ0) is 15.2. The van der Waals surface area contributed by atoms with Crippen LogP contribution in [0, 0.1) is 5.41 Å². The summed E-state index contributed by atoms with van der Waals surface area (Å²) in [6.45, 7) is 4.07. The number of benzene rings is 1. The molecule has 7 heteroatoms. The highest BCUT2D eigenvalue weighted by molar-refractivity contribution is 5.95. The molecule has 6 nitrogen and oxygen atoms in total. The van der Waals surface area contributed by atoms with Crippen molar-refractivity contribution in [3.05, 3.63) is 24.3 Å². The number of rotatable bonds is 7. The third-order valence-corrected chi connectivity index (χ3v) is 2.85. The molecule has 0 fully saturated rings. The molecule has 1 rings (SSSR count). The number of amides is 2. The molecule has 0 aliphatic heterocycles. The lowest BCUT2D eigenvalue weighted by Gasteiger charge is -2.21. The summed E-state index contributed by atoms with van der Waals surface area (Å²) < 4.78 is 5.33. The second kappa shape index (κ2) is 8.49. The van der Waals surface area contributed by atoms with E-state index >= 15 is 0 Å². The van der Waals surface area contributed by atoms with Gasteiger partial charge < -0.3 is 21.5 Å². The summed E-state index contributed by atoms with van der Waals surface area (Å²) in [4.78, 5) is 22.5. The molecule has 0 unspecified atom stereocenters. The Bertz CT molecular complexity index is 475. The Morgan fingerprint density at radius 3 is 2.29 bits per heavy atom. The molecule has 0 aliphatic carbocycles. The Hall–Kier alpha value is -1.79. The lowest BCUT2D eigenvalue weighted by Crippen LogP contribution is -2.37. The van der Waals surface area contributed by atoms with Gasteiger partial charge in [0.15, 0.2) is 0 Å². The van der Waals surface area contributed by atoms with Crippen LogP contribution < -0.4 is 21.5 Å². The molecule has 2 amide bonds. The van der Waals surface area contributed by atoms with Crippen LogP contribution in [0.5, 0.6) is 5.75 Å². The quantitative estimate of drug-likeness (QED) is 0.704. The molecular weight excluding hydrogens is 294 g/mol. The van der Waals surface area contributed by atoms with Crippen molar-refractivity contribution in [1.82, 2.24) is 0 Å². The van der Waals surface area contributed by atoms with Crippen LogP contribution in [0.25, 0.3) is 0 Å². The fraction of sp³-hybridized carbons (Fsp3) is 0.429. The van der Waals surface area contributed by atoms with Gasteiger partial charge in [-0.2, -0.15) is 0 Å². The summed E-state index contributed by atoms with van der Waals surface area (Å²) in [6, 6.07) is 6.88. The van der Waals surface area contributed by atoms with E-state index in [1.807, 2.05) is 0 Å². The van der Waals surface area contributed by atoms with Crippen LogP contribution in [0.4, 0.5) is 5.69 Å². The normalized spacial score (nSPS) is 10.4. The minimum absolute atomic E-state index is 0. The van der Waals surface area contributed by atoms with Crippen LogP contribution >= 0.6 is 12.4 Å². The maximum absolute atomic E-state index is 11.9. The van der Waals surface area contributed by atoms with Gasteiger partial charge in [0, 0.05) is 12.2 Å². The second-order valence-corrected chi connectivity index (χ2v) is 5.13. The summed E-state index contributed by atoms with van der Waals surface area (Å²) in [5.41, 5.74) is 10.6. The minimum atomic E-state index is -0.614. The first kappa shape index (κ1) is 19.2. The molecule has 21 heavy (non-hydrogen) atoms. The van der Waals surface area contributed by atoms with E-state index in [9.17, 15) is 9.59 Å². The van der Waals surface area contributed by atoms with Gasteiger partial charge in [0.2, 0.25) is 11.8 Å². The van der Waals surface area contributed by atoms with Crippen LogP contribution in [-0.4, -0.2) is 25.0 Å². The van der Waals surface area contributed by atoms with E-state index < -0.39 is 11.3 Å². The molecular formula is C14H22ClN3O3. The Kier molecular flexibility index (Phi) is 7.76. The van der Waals surface area contributed by atoms with E-state index in [2.05, 4.69) is 5.32 Å². The topological polar surface area (TPSA) is 107 Å². The van der Waals surface area contributed by atoms with Gasteiger partial charge in [0.1, 0.15) is 5.75 Å². The van der Waals surface area contributed by atoms with Crippen molar-refractivity contribution >= 4 is 29.9 Å². The molecule has 0 saturated carbocycles. The van der Waals surface area contributed by atoms with Crippen molar-refractivity contribution in [2.24, 2.45) is 16.9 Å². The molecule has 0 saturated heterocycles. The largest absolute Gasteiger partial charge is 0.493 e. The average molecular weight is 316 g/mol.